The summed E-state index contributed by atoms with van der Waals surface area (Å²) < 4.78 is 13.1. The van der Waals surface area contributed by atoms with Crippen molar-refractivity contribution >= 4 is 61.0 Å². The van der Waals surface area contributed by atoms with E-state index in [1.807, 2.05) is 42.5 Å². The maximum atomic E-state index is 13.0. The molecule has 0 spiro atoms. The number of fused-ring (bicyclic) bond motifs is 4. The van der Waals surface area contributed by atoms with Gasteiger partial charge in [-0.15, -0.1) is 11.3 Å². The maximum absolute atomic E-state index is 13.0. The molecular weight excluding hydrogens is 432 g/mol. The summed E-state index contributed by atoms with van der Waals surface area (Å²) in [7, 11) is 0. The highest BCUT2D eigenvalue weighted by atomic mass is 32.1. The van der Waals surface area contributed by atoms with Gasteiger partial charge in [-0.2, -0.15) is 0 Å². The monoisotopic (exact) mass is 446 g/mol. The second-order valence-corrected chi connectivity index (χ2v) is 9.18. The van der Waals surface area contributed by atoms with Crippen LogP contribution in [0.1, 0.15) is 26.5 Å². The second kappa shape index (κ2) is 6.64. The molecule has 0 radical (unpaired) electrons. The zero-order chi connectivity index (χ0) is 22.1. The van der Waals surface area contributed by atoms with Gasteiger partial charge in [0.05, 0.1) is 10.5 Å². The number of carbonyl (C=O) groups is 2. The number of rotatable bonds is 2. The molecule has 3 heterocycles. The molecule has 0 bridgehead atoms. The molecule has 5 heteroatoms. The lowest BCUT2D eigenvalue weighted by Crippen LogP contribution is -1.99. The molecule has 7 rings (SSSR count). The average molecular weight is 446 g/mol. The number of carbonyl (C=O) groups excluding carboxylic acids is 2. The van der Waals surface area contributed by atoms with Crippen LogP contribution in [0.3, 0.4) is 0 Å². The third-order valence-electron chi connectivity index (χ3n) is 6.05. The molecule has 1 aliphatic rings. The highest BCUT2D eigenvalue weighted by molar-refractivity contribution is 7.22. The first-order chi connectivity index (χ1) is 16.1. The van der Waals surface area contributed by atoms with Crippen molar-refractivity contribution in [2.24, 2.45) is 0 Å². The fourth-order valence-electron chi connectivity index (χ4n) is 4.43. The second-order valence-electron chi connectivity index (χ2n) is 8.10. The van der Waals surface area contributed by atoms with Crippen LogP contribution >= 0.6 is 11.3 Å². The topological polar surface area (TPSA) is 60.4 Å². The SMILES string of the molecule is O=C1C(=Cc2cc3oc(-c4cc5ccccc5s4)cc3o2)C(=O)c2cc3ccccc3cc21. The van der Waals surface area contributed by atoms with Gasteiger partial charge < -0.3 is 8.83 Å². The van der Waals surface area contributed by atoms with Gasteiger partial charge in [-0.05, 0) is 46.5 Å². The molecule has 156 valence electrons. The van der Waals surface area contributed by atoms with Crippen molar-refractivity contribution in [2.75, 3.05) is 0 Å². The Balaban J connectivity index is 1.26. The van der Waals surface area contributed by atoms with Crippen molar-refractivity contribution in [3.63, 3.8) is 0 Å². The Hall–Kier alpha value is -4.22. The van der Waals surface area contributed by atoms with Crippen molar-refractivity contribution < 1.29 is 18.4 Å². The molecule has 0 N–H and O–H groups in total. The Morgan fingerprint density at radius 3 is 1.97 bits per heavy atom. The summed E-state index contributed by atoms with van der Waals surface area (Å²) in [6, 6.07) is 25.1. The van der Waals surface area contributed by atoms with Crippen LogP contribution in [0.2, 0.25) is 0 Å². The molecule has 4 nitrogen and oxygen atoms in total. The molecule has 33 heavy (non-hydrogen) atoms. The van der Waals surface area contributed by atoms with Crippen LogP contribution in [0.25, 0.3) is 48.7 Å². The van der Waals surface area contributed by atoms with E-state index in [1.165, 1.54) is 16.2 Å². The van der Waals surface area contributed by atoms with Crippen LogP contribution in [-0.4, -0.2) is 11.6 Å². The lowest BCUT2D eigenvalue weighted by Gasteiger charge is -2.00. The Bertz CT molecular complexity index is 1690. The summed E-state index contributed by atoms with van der Waals surface area (Å²) in [5, 5.41) is 3.03. The summed E-state index contributed by atoms with van der Waals surface area (Å²) in [6.07, 6.45) is 1.52. The Kier molecular flexibility index (Phi) is 3.69. The molecule has 0 fully saturated rings. The number of ketones is 2. The van der Waals surface area contributed by atoms with Crippen molar-refractivity contribution in [1.82, 2.24) is 0 Å². The number of allylic oxidation sites excluding steroid dienone is 1. The highest BCUT2D eigenvalue weighted by Crippen LogP contribution is 2.38. The predicted molar refractivity (Wildman–Crippen MR) is 130 cm³/mol. The third kappa shape index (κ3) is 2.76. The van der Waals surface area contributed by atoms with Crippen molar-refractivity contribution in [3.8, 4) is 10.6 Å². The van der Waals surface area contributed by atoms with E-state index in [2.05, 4.69) is 18.2 Å². The first-order valence-electron chi connectivity index (χ1n) is 10.5. The average Bonchev–Trinajstić information content (AvgIpc) is 3.57. The summed E-state index contributed by atoms with van der Waals surface area (Å²) in [4.78, 5) is 27.0. The fourth-order valence-corrected chi connectivity index (χ4v) is 5.45. The quantitative estimate of drug-likeness (QED) is 0.204. The molecule has 6 aromatic rings. The number of hydrogen-bond donors (Lipinski definition) is 0. The molecule has 0 saturated carbocycles. The predicted octanol–water partition coefficient (Wildman–Crippen LogP) is 7.52. The number of furan rings is 2. The van der Waals surface area contributed by atoms with Gasteiger partial charge in [0.25, 0.3) is 0 Å². The molecule has 0 unspecified atom stereocenters. The number of Topliss-reactive ketones (excluding diaryl/α,β-unsaturated/α-hetero) is 2. The molecule has 0 atom stereocenters. The Morgan fingerprint density at radius 1 is 0.667 bits per heavy atom. The van der Waals surface area contributed by atoms with E-state index in [9.17, 15) is 9.59 Å². The lowest BCUT2D eigenvalue weighted by atomic mass is 10.0. The molecular formula is C28H14O4S. The van der Waals surface area contributed by atoms with Crippen LogP contribution in [0, 0.1) is 0 Å². The summed E-state index contributed by atoms with van der Waals surface area (Å²) in [6.45, 7) is 0. The van der Waals surface area contributed by atoms with Crippen molar-refractivity contribution in [2.45, 2.75) is 0 Å². The molecule has 0 amide bonds. The molecule has 1 aliphatic carbocycles. The van der Waals surface area contributed by atoms with E-state index in [4.69, 9.17) is 8.83 Å². The van der Waals surface area contributed by atoms with Gasteiger partial charge in [-0.1, -0.05) is 42.5 Å². The first-order valence-corrected chi connectivity index (χ1v) is 11.3. The van der Waals surface area contributed by atoms with Gasteiger partial charge in [0.2, 0.25) is 0 Å². The molecule has 3 aromatic heterocycles. The fraction of sp³-hybridized carbons (Fsp3) is 0. The molecule has 0 aliphatic heterocycles. The van der Waals surface area contributed by atoms with E-state index in [1.54, 1.807) is 29.5 Å². The van der Waals surface area contributed by atoms with Crippen molar-refractivity contribution in [1.29, 1.82) is 0 Å². The lowest BCUT2D eigenvalue weighted by molar-refractivity contribution is 0.0990. The minimum atomic E-state index is -0.278. The minimum Gasteiger partial charge on any atom is -0.453 e. The van der Waals surface area contributed by atoms with Crippen LogP contribution < -0.4 is 0 Å². The third-order valence-corrected chi connectivity index (χ3v) is 7.18. The van der Waals surface area contributed by atoms with Gasteiger partial charge >= 0.3 is 0 Å². The van der Waals surface area contributed by atoms with Gasteiger partial charge in [-0.3, -0.25) is 9.59 Å². The van der Waals surface area contributed by atoms with E-state index >= 15 is 0 Å². The van der Waals surface area contributed by atoms with E-state index in [-0.39, 0.29) is 17.1 Å². The number of hydrogen-bond acceptors (Lipinski definition) is 5. The van der Waals surface area contributed by atoms with Gasteiger partial charge in [0.15, 0.2) is 22.7 Å². The Labute approximate surface area is 191 Å². The smallest absolute Gasteiger partial charge is 0.197 e. The van der Waals surface area contributed by atoms with E-state index < -0.39 is 0 Å². The van der Waals surface area contributed by atoms with Crippen LogP contribution in [0.15, 0.2) is 93.3 Å². The van der Waals surface area contributed by atoms with Crippen LogP contribution in [0.4, 0.5) is 0 Å². The number of thiophene rings is 1. The standard InChI is InChI=1S/C28H14O4S/c29-27-19-9-15-5-1-2-6-16(15)10-20(19)28(30)21(27)12-18-13-22-23(31-18)14-24(32-22)26-11-17-7-3-4-8-25(17)33-26/h1-14H. The van der Waals surface area contributed by atoms with Crippen molar-refractivity contribution in [3.05, 3.63) is 101 Å². The molecule has 0 saturated heterocycles. The normalized spacial score (nSPS) is 13.5. The maximum Gasteiger partial charge on any atom is 0.197 e. The zero-order valence-corrected chi connectivity index (χ0v) is 17.9. The largest absolute Gasteiger partial charge is 0.453 e. The van der Waals surface area contributed by atoms with Gasteiger partial charge in [0.1, 0.15) is 11.5 Å². The van der Waals surface area contributed by atoms with E-state index in [0.29, 0.717) is 28.1 Å². The minimum absolute atomic E-state index is 0.112. The first kappa shape index (κ1) is 18.4. The Morgan fingerprint density at radius 2 is 1.30 bits per heavy atom. The van der Waals surface area contributed by atoms with E-state index in [0.717, 1.165) is 21.4 Å². The zero-order valence-electron chi connectivity index (χ0n) is 17.1. The van der Waals surface area contributed by atoms with Gasteiger partial charge in [-0.25, -0.2) is 0 Å². The highest BCUT2D eigenvalue weighted by Gasteiger charge is 2.33. The number of benzene rings is 3. The van der Waals surface area contributed by atoms with Crippen LogP contribution in [-0.2, 0) is 0 Å². The summed E-state index contributed by atoms with van der Waals surface area (Å²) in [5.74, 6) is 0.594. The van der Waals surface area contributed by atoms with Crippen LogP contribution in [0.5, 0.6) is 0 Å². The molecule has 3 aromatic carbocycles. The summed E-state index contributed by atoms with van der Waals surface area (Å²) in [5.41, 5.74) is 2.15. The summed E-state index contributed by atoms with van der Waals surface area (Å²) >= 11 is 1.66. The van der Waals surface area contributed by atoms with Gasteiger partial charge in [0, 0.05) is 28.0 Å².